The smallest absolute Gasteiger partial charge is 0.165 e. The quantitative estimate of drug-likeness (QED) is 0.544. The number of benzene rings is 3. The first-order valence-electron chi connectivity index (χ1n) is 6.49. The summed E-state index contributed by atoms with van der Waals surface area (Å²) in [5.41, 5.74) is 1.41. The van der Waals surface area contributed by atoms with Crippen molar-refractivity contribution in [3.05, 3.63) is 59.7 Å². The molecule has 0 fully saturated rings. The minimum atomic E-state index is -0.239. The van der Waals surface area contributed by atoms with E-state index in [0.717, 1.165) is 10.9 Å². The maximum atomic E-state index is 10.1. The van der Waals surface area contributed by atoms with Crippen LogP contribution in [0.25, 0.3) is 10.8 Å². The summed E-state index contributed by atoms with van der Waals surface area (Å²) in [7, 11) is 0. The van der Waals surface area contributed by atoms with Crippen molar-refractivity contribution in [3.63, 3.8) is 0 Å². The van der Waals surface area contributed by atoms with Gasteiger partial charge in [0.25, 0.3) is 0 Å². The van der Waals surface area contributed by atoms with Crippen molar-refractivity contribution in [2.24, 2.45) is 0 Å². The third-order valence-electron chi connectivity index (χ3n) is 3.54. The van der Waals surface area contributed by atoms with Crippen LogP contribution in [0, 0.1) is 0 Å². The molecule has 0 aliphatic heterocycles. The van der Waals surface area contributed by atoms with Crippen molar-refractivity contribution in [2.75, 3.05) is 0 Å². The minimum Gasteiger partial charge on any atom is -0.508 e. The molecule has 0 saturated carbocycles. The van der Waals surface area contributed by atoms with Crippen molar-refractivity contribution < 1.29 is 20.4 Å². The van der Waals surface area contributed by atoms with Crippen LogP contribution in [0.5, 0.6) is 23.0 Å². The third-order valence-corrected chi connectivity index (χ3v) is 3.54. The highest BCUT2D eigenvalue weighted by molar-refractivity contribution is 5.95. The van der Waals surface area contributed by atoms with E-state index in [1.54, 1.807) is 42.5 Å². The number of phenols is 4. The largest absolute Gasteiger partial charge is 0.508 e. The van der Waals surface area contributed by atoms with Crippen molar-refractivity contribution in [3.8, 4) is 23.0 Å². The summed E-state index contributed by atoms with van der Waals surface area (Å²) >= 11 is 0. The molecule has 106 valence electrons. The van der Waals surface area contributed by atoms with E-state index >= 15 is 0 Å². The number of rotatable bonds is 2. The number of fused-ring (bicyclic) bond motifs is 1. The van der Waals surface area contributed by atoms with Crippen LogP contribution in [0.4, 0.5) is 0 Å². The van der Waals surface area contributed by atoms with Gasteiger partial charge in [0, 0.05) is 17.4 Å². The summed E-state index contributed by atoms with van der Waals surface area (Å²) in [6.45, 7) is 0. The number of hydrogen-bond donors (Lipinski definition) is 4. The summed E-state index contributed by atoms with van der Waals surface area (Å²) in [4.78, 5) is 0. The predicted molar refractivity (Wildman–Crippen MR) is 79.9 cm³/mol. The Hall–Kier alpha value is -2.88. The Morgan fingerprint density at radius 1 is 0.667 bits per heavy atom. The van der Waals surface area contributed by atoms with Crippen LogP contribution in [0.2, 0.25) is 0 Å². The van der Waals surface area contributed by atoms with Crippen LogP contribution in [0.15, 0.2) is 48.5 Å². The number of phenolic OH excluding ortho intramolecular Hbond substituents is 4. The van der Waals surface area contributed by atoms with Crippen LogP contribution in [0.3, 0.4) is 0 Å². The molecule has 0 aliphatic carbocycles. The molecule has 0 aliphatic rings. The Morgan fingerprint density at radius 2 is 1.29 bits per heavy atom. The Morgan fingerprint density at radius 3 is 1.95 bits per heavy atom. The second-order valence-corrected chi connectivity index (χ2v) is 4.94. The number of hydrogen-bond acceptors (Lipinski definition) is 4. The zero-order valence-electron chi connectivity index (χ0n) is 11.1. The topological polar surface area (TPSA) is 80.9 Å². The molecule has 0 saturated heterocycles. The molecule has 4 N–H and O–H groups in total. The van der Waals surface area contributed by atoms with Crippen LogP contribution < -0.4 is 0 Å². The zero-order chi connectivity index (χ0) is 15.0. The zero-order valence-corrected chi connectivity index (χ0v) is 11.1. The summed E-state index contributed by atoms with van der Waals surface area (Å²) < 4.78 is 0. The lowest BCUT2D eigenvalue weighted by atomic mass is 9.96. The van der Waals surface area contributed by atoms with Gasteiger partial charge in [-0.05, 0) is 35.2 Å². The van der Waals surface area contributed by atoms with Crippen LogP contribution in [0.1, 0.15) is 11.1 Å². The van der Waals surface area contributed by atoms with Crippen LogP contribution in [-0.2, 0) is 6.42 Å². The van der Waals surface area contributed by atoms with Gasteiger partial charge in [-0.2, -0.15) is 0 Å². The average molecular weight is 282 g/mol. The maximum absolute atomic E-state index is 10.1. The minimum absolute atomic E-state index is 0.0523. The van der Waals surface area contributed by atoms with E-state index in [1.807, 2.05) is 0 Å². The van der Waals surface area contributed by atoms with Crippen molar-refractivity contribution in [1.82, 2.24) is 0 Å². The summed E-state index contributed by atoms with van der Waals surface area (Å²) in [6.07, 6.45) is 0.375. The molecule has 0 aromatic heterocycles. The highest BCUT2D eigenvalue weighted by Crippen LogP contribution is 2.39. The number of aromatic hydroxyl groups is 4. The lowest BCUT2D eigenvalue weighted by Crippen LogP contribution is -1.91. The Balaban J connectivity index is 2.18. The van der Waals surface area contributed by atoms with Crippen molar-refractivity contribution in [1.29, 1.82) is 0 Å². The van der Waals surface area contributed by atoms with E-state index in [9.17, 15) is 20.4 Å². The molecular formula is C17H14O4. The molecule has 0 heterocycles. The van der Waals surface area contributed by atoms with E-state index in [4.69, 9.17) is 0 Å². The van der Waals surface area contributed by atoms with E-state index in [-0.39, 0.29) is 23.0 Å². The summed E-state index contributed by atoms with van der Waals surface area (Å²) in [5.74, 6) is -0.241. The van der Waals surface area contributed by atoms with Gasteiger partial charge in [-0.25, -0.2) is 0 Å². The molecule has 3 aromatic rings. The molecular weight excluding hydrogens is 268 g/mol. The van der Waals surface area contributed by atoms with Gasteiger partial charge in [-0.3, -0.25) is 0 Å². The molecule has 0 amide bonds. The second kappa shape index (κ2) is 4.90. The van der Waals surface area contributed by atoms with E-state index in [2.05, 4.69) is 0 Å². The van der Waals surface area contributed by atoms with Crippen molar-refractivity contribution >= 4 is 10.8 Å². The molecule has 0 bridgehead atoms. The van der Waals surface area contributed by atoms with E-state index in [1.165, 1.54) is 6.07 Å². The summed E-state index contributed by atoms with van der Waals surface area (Å²) in [6, 6.07) is 13.0. The van der Waals surface area contributed by atoms with Gasteiger partial charge in [-0.1, -0.05) is 24.3 Å². The Labute approximate surface area is 121 Å². The molecule has 0 atom stereocenters. The van der Waals surface area contributed by atoms with Gasteiger partial charge in [0.15, 0.2) is 11.5 Å². The van der Waals surface area contributed by atoms with Crippen LogP contribution in [-0.4, -0.2) is 20.4 Å². The summed E-state index contributed by atoms with van der Waals surface area (Å²) in [5, 5.41) is 40.3. The molecule has 0 spiro atoms. The first-order chi connectivity index (χ1) is 10.1. The molecule has 21 heavy (non-hydrogen) atoms. The van der Waals surface area contributed by atoms with E-state index in [0.29, 0.717) is 17.4 Å². The van der Waals surface area contributed by atoms with Gasteiger partial charge in [0.1, 0.15) is 11.5 Å². The first-order valence-corrected chi connectivity index (χ1v) is 6.49. The average Bonchev–Trinajstić information content (AvgIpc) is 2.48. The highest BCUT2D eigenvalue weighted by Gasteiger charge is 2.14. The lowest BCUT2D eigenvalue weighted by Gasteiger charge is -2.12. The predicted octanol–water partition coefficient (Wildman–Crippen LogP) is 3.25. The fourth-order valence-electron chi connectivity index (χ4n) is 2.45. The van der Waals surface area contributed by atoms with Gasteiger partial charge in [0.05, 0.1) is 0 Å². The molecule has 4 nitrogen and oxygen atoms in total. The van der Waals surface area contributed by atoms with E-state index < -0.39 is 0 Å². The molecule has 0 unspecified atom stereocenters. The molecule has 3 rings (SSSR count). The highest BCUT2D eigenvalue weighted by atomic mass is 16.3. The Kier molecular flexibility index (Phi) is 3.06. The van der Waals surface area contributed by atoms with Crippen molar-refractivity contribution in [2.45, 2.75) is 6.42 Å². The van der Waals surface area contributed by atoms with Gasteiger partial charge in [-0.15, -0.1) is 0 Å². The molecule has 3 aromatic carbocycles. The monoisotopic (exact) mass is 282 g/mol. The fourth-order valence-corrected chi connectivity index (χ4v) is 2.45. The normalized spacial score (nSPS) is 10.9. The Bertz CT molecular complexity index is 802. The SMILES string of the molecule is Oc1ccc(Cc2c(O)ccc3ccc(O)c(O)c23)cc1. The lowest BCUT2D eigenvalue weighted by molar-refractivity contribution is 0.407. The van der Waals surface area contributed by atoms with Gasteiger partial charge >= 0.3 is 0 Å². The fraction of sp³-hybridized carbons (Fsp3) is 0.0588. The standard InChI is InChI=1S/C17H14O4/c18-12-5-1-10(2-6-12)9-13-14(19)7-3-11-4-8-15(20)17(21)16(11)13/h1-8,18-21H,9H2. The third kappa shape index (κ3) is 2.31. The molecule has 0 radical (unpaired) electrons. The molecule has 4 heteroatoms. The second-order valence-electron chi connectivity index (χ2n) is 4.94. The maximum Gasteiger partial charge on any atom is 0.165 e. The first kappa shape index (κ1) is 13.1. The van der Waals surface area contributed by atoms with Crippen LogP contribution >= 0.6 is 0 Å². The van der Waals surface area contributed by atoms with Gasteiger partial charge < -0.3 is 20.4 Å². The van der Waals surface area contributed by atoms with Gasteiger partial charge in [0.2, 0.25) is 0 Å².